The molecule has 0 aliphatic heterocycles. The van der Waals surface area contributed by atoms with Gasteiger partial charge in [0, 0.05) is 15.9 Å². The molecule has 0 atom stereocenters. The average molecular weight is 268 g/mol. The molecule has 0 N–H and O–H groups in total. The predicted molar refractivity (Wildman–Crippen MR) is 53.7 cm³/mol. The maximum absolute atomic E-state index is 10.6. The molecule has 1 rings (SSSR count). The highest BCUT2D eigenvalue weighted by atomic mass is 79.9. The van der Waals surface area contributed by atoms with Crippen LogP contribution in [-0.4, -0.2) is 5.24 Å². The zero-order valence-electron chi connectivity index (χ0n) is 5.98. The van der Waals surface area contributed by atoms with E-state index in [9.17, 15) is 4.79 Å². The van der Waals surface area contributed by atoms with Crippen molar-refractivity contribution in [1.29, 1.82) is 0 Å². The van der Waals surface area contributed by atoms with E-state index < -0.39 is 5.24 Å². The lowest BCUT2D eigenvalue weighted by molar-refractivity contribution is -0.111. The summed E-state index contributed by atoms with van der Waals surface area (Å²) in [6.07, 6.45) is 0.166. The first kappa shape index (κ1) is 10.0. The van der Waals surface area contributed by atoms with Crippen molar-refractivity contribution in [2.45, 2.75) is 6.42 Å². The largest absolute Gasteiger partial charge is 0.281 e. The van der Waals surface area contributed by atoms with Gasteiger partial charge in [-0.3, -0.25) is 4.79 Å². The van der Waals surface area contributed by atoms with Gasteiger partial charge in [0.15, 0.2) is 0 Å². The molecule has 0 radical (unpaired) electrons. The molecule has 1 aromatic carbocycles. The summed E-state index contributed by atoms with van der Waals surface area (Å²) in [4.78, 5) is 10.6. The molecule has 0 aromatic heterocycles. The Morgan fingerprint density at radius 3 is 2.75 bits per heavy atom. The first-order chi connectivity index (χ1) is 5.59. The van der Waals surface area contributed by atoms with E-state index in [1.165, 1.54) is 0 Å². The number of hydrogen-bond donors (Lipinski definition) is 0. The molecule has 1 aromatic rings. The van der Waals surface area contributed by atoms with Gasteiger partial charge in [-0.05, 0) is 35.4 Å². The maximum atomic E-state index is 10.6. The van der Waals surface area contributed by atoms with E-state index in [-0.39, 0.29) is 6.42 Å². The monoisotopic (exact) mass is 266 g/mol. The number of hydrogen-bond acceptors (Lipinski definition) is 1. The highest BCUT2D eigenvalue weighted by Crippen LogP contribution is 2.21. The van der Waals surface area contributed by atoms with Crippen LogP contribution in [0.4, 0.5) is 0 Å². The van der Waals surface area contributed by atoms with Crippen molar-refractivity contribution in [3.05, 3.63) is 33.3 Å². The maximum Gasteiger partial charge on any atom is 0.226 e. The Kier molecular flexibility index (Phi) is 3.56. The van der Waals surface area contributed by atoms with Crippen molar-refractivity contribution in [2.24, 2.45) is 0 Å². The minimum atomic E-state index is -0.407. The van der Waals surface area contributed by atoms with Gasteiger partial charge in [0.25, 0.3) is 0 Å². The van der Waals surface area contributed by atoms with Crippen molar-refractivity contribution in [3.63, 3.8) is 0 Å². The minimum absolute atomic E-state index is 0.166. The predicted octanol–water partition coefficient (Wildman–Crippen LogP) is 3.41. The average Bonchev–Trinajstić information content (AvgIpc) is 1.96. The van der Waals surface area contributed by atoms with Crippen molar-refractivity contribution in [2.75, 3.05) is 0 Å². The van der Waals surface area contributed by atoms with E-state index in [4.69, 9.17) is 23.2 Å². The minimum Gasteiger partial charge on any atom is -0.281 e. The fraction of sp³-hybridized carbons (Fsp3) is 0.125. The van der Waals surface area contributed by atoms with E-state index in [0.717, 1.165) is 10.0 Å². The molecule has 0 heterocycles. The second-order valence-corrected chi connectivity index (χ2v) is 4.01. The highest BCUT2D eigenvalue weighted by Gasteiger charge is 2.04. The molecule has 0 bridgehead atoms. The Labute approximate surface area is 88.8 Å². The summed E-state index contributed by atoms with van der Waals surface area (Å²) in [6.45, 7) is 0. The fourth-order valence-electron chi connectivity index (χ4n) is 0.829. The number of benzene rings is 1. The van der Waals surface area contributed by atoms with Crippen LogP contribution in [0.3, 0.4) is 0 Å². The molecule has 64 valence electrons. The molecule has 0 fully saturated rings. The second kappa shape index (κ2) is 4.26. The lowest BCUT2D eigenvalue weighted by Gasteiger charge is -2.00. The van der Waals surface area contributed by atoms with Crippen LogP contribution in [0, 0.1) is 0 Å². The summed E-state index contributed by atoms with van der Waals surface area (Å²) < 4.78 is 0.889. The summed E-state index contributed by atoms with van der Waals surface area (Å²) in [5.41, 5.74) is 0.742. The number of rotatable bonds is 2. The Bertz CT molecular complexity index is 312. The quantitative estimate of drug-likeness (QED) is 0.751. The van der Waals surface area contributed by atoms with Gasteiger partial charge in [-0.1, -0.05) is 27.5 Å². The topological polar surface area (TPSA) is 17.1 Å². The molecule has 12 heavy (non-hydrogen) atoms. The third-order valence-corrected chi connectivity index (χ3v) is 2.33. The zero-order valence-corrected chi connectivity index (χ0v) is 9.08. The van der Waals surface area contributed by atoms with E-state index >= 15 is 0 Å². The van der Waals surface area contributed by atoms with Gasteiger partial charge in [0.2, 0.25) is 5.24 Å². The molecule has 0 saturated heterocycles. The highest BCUT2D eigenvalue weighted by molar-refractivity contribution is 9.10. The molecular weight excluding hydrogens is 263 g/mol. The number of halogens is 3. The Hall–Kier alpha value is -0.0500. The van der Waals surface area contributed by atoms with E-state index in [1.807, 2.05) is 6.07 Å². The van der Waals surface area contributed by atoms with Crippen LogP contribution < -0.4 is 0 Å². The molecule has 0 unspecified atom stereocenters. The molecular formula is C8H5BrCl2O. The summed E-state index contributed by atoms with van der Waals surface area (Å²) in [6, 6.07) is 5.31. The van der Waals surface area contributed by atoms with Crippen molar-refractivity contribution < 1.29 is 4.79 Å². The Morgan fingerprint density at radius 2 is 2.17 bits per heavy atom. The van der Waals surface area contributed by atoms with Gasteiger partial charge in [-0.25, -0.2) is 0 Å². The summed E-state index contributed by atoms with van der Waals surface area (Å²) in [5.74, 6) is 0. The molecule has 4 heteroatoms. The zero-order chi connectivity index (χ0) is 9.14. The van der Waals surface area contributed by atoms with Crippen LogP contribution >= 0.6 is 39.1 Å². The van der Waals surface area contributed by atoms with E-state index in [0.29, 0.717) is 5.02 Å². The number of carbonyl (C=O) groups excluding carboxylic acids is 1. The second-order valence-electron chi connectivity index (χ2n) is 2.27. The molecule has 0 spiro atoms. The van der Waals surface area contributed by atoms with Crippen LogP contribution in [-0.2, 0) is 11.2 Å². The van der Waals surface area contributed by atoms with Crippen LogP contribution in [0.1, 0.15) is 5.56 Å². The van der Waals surface area contributed by atoms with Gasteiger partial charge >= 0.3 is 0 Å². The first-order valence-corrected chi connectivity index (χ1v) is 4.77. The van der Waals surface area contributed by atoms with Gasteiger partial charge < -0.3 is 0 Å². The van der Waals surface area contributed by atoms with Crippen LogP contribution in [0.25, 0.3) is 0 Å². The number of carbonyl (C=O) groups is 1. The van der Waals surface area contributed by atoms with Crippen LogP contribution in [0.5, 0.6) is 0 Å². The van der Waals surface area contributed by atoms with Crippen molar-refractivity contribution in [3.8, 4) is 0 Å². The molecule has 0 aliphatic carbocycles. The Balaban J connectivity index is 2.97. The first-order valence-electron chi connectivity index (χ1n) is 3.22. The van der Waals surface area contributed by atoms with E-state index in [1.54, 1.807) is 12.1 Å². The smallest absolute Gasteiger partial charge is 0.226 e. The fourth-order valence-corrected chi connectivity index (χ4v) is 1.57. The summed E-state index contributed by atoms with van der Waals surface area (Å²) >= 11 is 14.3. The van der Waals surface area contributed by atoms with Gasteiger partial charge in [-0.2, -0.15) is 0 Å². The third kappa shape index (κ3) is 2.77. The molecule has 0 amide bonds. The molecule has 1 nitrogen and oxygen atoms in total. The van der Waals surface area contributed by atoms with Crippen LogP contribution in [0.2, 0.25) is 5.02 Å². The molecule has 0 aliphatic rings. The normalized spacial score (nSPS) is 9.92. The standard InChI is InChI=1S/C8H5BrCl2O/c9-6-1-2-7(10)5(3-6)4-8(11)12/h1-3H,4H2. The molecule has 0 saturated carbocycles. The van der Waals surface area contributed by atoms with Gasteiger partial charge in [-0.15, -0.1) is 0 Å². The SMILES string of the molecule is O=C(Cl)Cc1cc(Br)ccc1Cl. The van der Waals surface area contributed by atoms with Gasteiger partial charge in [0.1, 0.15) is 0 Å². The van der Waals surface area contributed by atoms with Gasteiger partial charge in [0.05, 0.1) is 0 Å². The Morgan fingerprint density at radius 1 is 1.50 bits per heavy atom. The van der Waals surface area contributed by atoms with Crippen LogP contribution in [0.15, 0.2) is 22.7 Å². The van der Waals surface area contributed by atoms with Crippen molar-refractivity contribution in [1.82, 2.24) is 0 Å². The lowest BCUT2D eigenvalue weighted by atomic mass is 10.2. The van der Waals surface area contributed by atoms with Crippen molar-refractivity contribution >= 4 is 44.4 Å². The summed E-state index contributed by atoms with van der Waals surface area (Å²) in [7, 11) is 0. The van der Waals surface area contributed by atoms with E-state index in [2.05, 4.69) is 15.9 Å². The third-order valence-electron chi connectivity index (χ3n) is 1.34. The lowest BCUT2D eigenvalue weighted by Crippen LogP contribution is -1.94. The summed E-state index contributed by atoms with van der Waals surface area (Å²) in [5, 5.41) is 0.155.